The summed E-state index contributed by atoms with van der Waals surface area (Å²) < 4.78 is 0. The zero-order valence-electron chi connectivity index (χ0n) is 14.2. The number of rotatable bonds is 4. The van der Waals surface area contributed by atoms with Crippen LogP contribution in [0.3, 0.4) is 0 Å². The van der Waals surface area contributed by atoms with Crippen molar-refractivity contribution in [3.8, 4) is 0 Å². The van der Waals surface area contributed by atoms with Gasteiger partial charge in [0.1, 0.15) is 6.04 Å². The van der Waals surface area contributed by atoms with Gasteiger partial charge in [0.15, 0.2) is 0 Å². The second-order valence-electron chi connectivity index (χ2n) is 6.36. The van der Waals surface area contributed by atoms with Crippen LogP contribution in [0.4, 0.5) is 0 Å². The van der Waals surface area contributed by atoms with Gasteiger partial charge in [-0.3, -0.25) is 9.59 Å². The van der Waals surface area contributed by atoms with E-state index in [4.69, 9.17) is 0 Å². The third-order valence-corrected chi connectivity index (χ3v) is 5.57. The smallest absolute Gasteiger partial charge is 0.256 e. The maximum Gasteiger partial charge on any atom is 0.256 e. The van der Waals surface area contributed by atoms with Crippen LogP contribution in [-0.2, 0) is 4.79 Å². The number of pyridine rings is 1. The molecule has 0 bridgehead atoms. The molecule has 2 aliphatic rings. The van der Waals surface area contributed by atoms with Crippen molar-refractivity contribution in [1.29, 1.82) is 0 Å². The maximum absolute atomic E-state index is 12.9. The average molecular weight is 347 g/mol. The Hall–Kier alpha value is -1.56. The van der Waals surface area contributed by atoms with E-state index in [1.54, 1.807) is 22.9 Å². The predicted molar refractivity (Wildman–Crippen MR) is 95.1 cm³/mol. The van der Waals surface area contributed by atoms with Crippen molar-refractivity contribution in [3.63, 3.8) is 0 Å². The molecule has 0 radical (unpaired) electrons. The monoisotopic (exact) mass is 347 g/mol. The fraction of sp³-hybridized carbons (Fsp3) is 0.611. The molecule has 0 aromatic carbocycles. The Morgan fingerprint density at radius 3 is 2.58 bits per heavy atom. The Morgan fingerprint density at radius 1 is 1.17 bits per heavy atom. The van der Waals surface area contributed by atoms with Crippen LogP contribution in [0.5, 0.6) is 0 Å². The molecule has 0 saturated carbocycles. The van der Waals surface area contributed by atoms with Crippen LogP contribution < -0.4 is 0 Å². The summed E-state index contributed by atoms with van der Waals surface area (Å²) in [6.07, 6.45) is 6.55. The van der Waals surface area contributed by atoms with Gasteiger partial charge in [0.25, 0.3) is 5.91 Å². The van der Waals surface area contributed by atoms with Gasteiger partial charge in [0, 0.05) is 25.8 Å². The van der Waals surface area contributed by atoms with Crippen molar-refractivity contribution in [3.05, 3.63) is 23.9 Å². The van der Waals surface area contributed by atoms with Gasteiger partial charge in [-0.1, -0.05) is 6.92 Å². The lowest BCUT2D eigenvalue weighted by molar-refractivity contribution is -0.136. The lowest BCUT2D eigenvalue weighted by atomic mass is 10.00. The highest BCUT2D eigenvalue weighted by molar-refractivity contribution is 7.99. The molecule has 0 aliphatic carbocycles. The van der Waals surface area contributed by atoms with E-state index in [0.717, 1.165) is 56.0 Å². The van der Waals surface area contributed by atoms with Crippen LogP contribution in [0.1, 0.15) is 49.4 Å². The van der Waals surface area contributed by atoms with Gasteiger partial charge in [-0.25, -0.2) is 4.98 Å². The number of thioether (sulfide) groups is 1. The molecule has 2 fully saturated rings. The van der Waals surface area contributed by atoms with Gasteiger partial charge in [-0.15, -0.1) is 11.8 Å². The van der Waals surface area contributed by atoms with E-state index in [9.17, 15) is 9.59 Å². The van der Waals surface area contributed by atoms with Crippen LogP contribution in [0.25, 0.3) is 0 Å². The Balaban J connectivity index is 1.74. The first-order valence-electron chi connectivity index (χ1n) is 8.89. The third kappa shape index (κ3) is 3.74. The van der Waals surface area contributed by atoms with E-state index in [1.165, 1.54) is 0 Å². The second-order valence-corrected chi connectivity index (χ2v) is 7.64. The van der Waals surface area contributed by atoms with Crippen LogP contribution in [0.15, 0.2) is 23.4 Å². The standard InChI is InChI=1S/C18H25N3O2S/c1-2-24-16-9-8-14(13-19-16)17(22)21-12-4-3-7-15(21)18(23)20-10-5-6-11-20/h8-9,13,15H,2-7,10-12H2,1H3/t15-/m1/s1. The number of likely N-dealkylation sites (tertiary alicyclic amines) is 2. The summed E-state index contributed by atoms with van der Waals surface area (Å²) in [6.45, 7) is 4.41. The summed E-state index contributed by atoms with van der Waals surface area (Å²) in [6, 6.07) is 3.43. The van der Waals surface area contributed by atoms with E-state index in [0.29, 0.717) is 12.1 Å². The first-order valence-corrected chi connectivity index (χ1v) is 9.88. The highest BCUT2D eigenvalue weighted by Crippen LogP contribution is 2.23. The number of aromatic nitrogens is 1. The SMILES string of the molecule is CCSc1ccc(C(=O)N2CCCC[C@@H]2C(=O)N2CCCC2)cn1. The summed E-state index contributed by atoms with van der Waals surface area (Å²) in [5.74, 6) is 1.03. The van der Waals surface area contributed by atoms with Crippen LogP contribution in [-0.4, -0.2) is 58.0 Å². The number of piperidine rings is 1. The highest BCUT2D eigenvalue weighted by Gasteiger charge is 2.35. The molecule has 1 aromatic heterocycles. The van der Waals surface area contributed by atoms with Gasteiger partial charge in [0.2, 0.25) is 5.91 Å². The minimum absolute atomic E-state index is 0.0622. The molecule has 1 aromatic rings. The fourth-order valence-corrected chi connectivity index (χ4v) is 4.07. The molecule has 0 N–H and O–H groups in total. The lowest BCUT2D eigenvalue weighted by Gasteiger charge is -2.36. The van der Waals surface area contributed by atoms with Gasteiger partial charge >= 0.3 is 0 Å². The Morgan fingerprint density at radius 2 is 1.92 bits per heavy atom. The quantitative estimate of drug-likeness (QED) is 0.786. The van der Waals surface area contributed by atoms with Crippen molar-refractivity contribution in [2.75, 3.05) is 25.4 Å². The maximum atomic E-state index is 12.9. The van der Waals surface area contributed by atoms with Crippen molar-refractivity contribution in [2.24, 2.45) is 0 Å². The summed E-state index contributed by atoms with van der Waals surface area (Å²) >= 11 is 1.66. The normalized spacial score (nSPS) is 21.1. The third-order valence-electron chi connectivity index (χ3n) is 4.74. The van der Waals surface area contributed by atoms with Crippen LogP contribution in [0.2, 0.25) is 0 Å². The van der Waals surface area contributed by atoms with E-state index in [-0.39, 0.29) is 17.9 Å². The van der Waals surface area contributed by atoms with Crippen molar-refractivity contribution < 1.29 is 9.59 Å². The molecular formula is C18H25N3O2S. The minimum atomic E-state index is -0.297. The lowest BCUT2D eigenvalue weighted by Crippen LogP contribution is -2.52. The molecule has 1 atom stereocenters. The van der Waals surface area contributed by atoms with Gasteiger partial charge in [-0.2, -0.15) is 0 Å². The topological polar surface area (TPSA) is 53.5 Å². The zero-order chi connectivity index (χ0) is 16.9. The molecule has 2 amide bonds. The molecule has 0 unspecified atom stereocenters. The molecular weight excluding hydrogens is 322 g/mol. The van der Waals surface area contributed by atoms with E-state index in [1.807, 2.05) is 17.0 Å². The molecule has 0 spiro atoms. The van der Waals surface area contributed by atoms with E-state index in [2.05, 4.69) is 11.9 Å². The van der Waals surface area contributed by atoms with E-state index >= 15 is 0 Å². The average Bonchev–Trinajstić information content (AvgIpc) is 3.16. The van der Waals surface area contributed by atoms with Gasteiger partial charge < -0.3 is 9.80 Å². The predicted octanol–water partition coefficient (Wildman–Crippen LogP) is 2.81. The Labute approximate surface area is 147 Å². The summed E-state index contributed by atoms with van der Waals surface area (Å²) in [5.41, 5.74) is 0.580. The fourth-order valence-electron chi connectivity index (χ4n) is 3.49. The van der Waals surface area contributed by atoms with Crippen LogP contribution in [0, 0.1) is 0 Å². The summed E-state index contributed by atoms with van der Waals surface area (Å²) in [7, 11) is 0. The zero-order valence-corrected chi connectivity index (χ0v) is 15.1. The molecule has 5 nitrogen and oxygen atoms in total. The Bertz CT molecular complexity index is 584. The summed E-state index contributed by atoms with van der Waals surface area (Å²) in [5, 5.41) is 0.928. The molecule has 2 saturated heterocycles. The van der Waals surface area contributed by atoms with Crippen molar-refractivity contribution in [1.82, 2.24) is 14.8 Å². The van der Waals surface area contributed by atoms with Crippen LogP contribution >= 0.6 is 11.8 Å². The second kappa shape index (κ2) is 8.01. The van der Waals surface area contributed by atoms with Gasteiger partial charge in [0.05, 0.1) is 10.6 Å². The van der Waals surface area contributed by atoms with E-state index < -0.39 is 0 Å². The largest absolute Gasteiger partial charge is 0.341 e. The minimum Gasteiger partial charge on any atom is -0.341 e. The highest BCUT2D eigenvalue weighted by atomic mass is 32.2. The summed E-state index contributed by atoms with van der Waals surface area (Å²) in [4.78, 5) is 33.8. The Kier molecular flexibility index (Phi) is 5.76. The first-order chi connectivity index (χ1) is 11.7. The number of hydrogen-bond donors (Lipinski definition) is 0. The first kappa shape index (κ1) is 17.3. The number of nitrogens with zero attached hydrogens (tertiary/aromatic N) is 3. The van der Waals surface area contributed by atoms with Gasteiger partial charge in [-0.05, 0) is 50.0 Å². The molecule has 6 heteroatoms. The molecule has 130 valence electrons. The molecule has 24 heavy (non-hydrogen) atoms. The molecule has 3 heterocycles. The molecule has 2 aliphatic heterocycles. The number of amides is 2. The number of carbonyl (C=O) groups excluding carboxylic acids is 2. The van der Waals surface area contributed by atoms with Crippen molar-refractivity contribution in [2.45, 2.75) is 50.1 Å². The van der Waals surface area contributed by atoms with Crippen molar-refractivity contribution >= 4 is 23.6 Å². The number of carbonyl (C=O) groups is 2. The molecule has 3 rings (SSSR count). The number of hydrogen-bond acceptors (Lipinski definition) is 4.